The van der Waals surface area contributed by atoms with Gasteiger partial charge in [0.1, 0.15) is 11.4 Å². The maximum Gasteiger partial charge on any atom is 0.458 e. The van der Waals surface area contributed by atoms with E-state index in [9.17, 15) is 26.7 Å². The first-order valence-electron chi connectivity index (χ1n) is 11.4. The first-order valence-corrected chi connectivity index (χ1v) is 11.4. The normalized spacial score (nSPS) is 17.3. The fourth-order valence-corrected chi connectivity index (χ4v) is 5.05. The van der Waals surface area contributed by atoms with Crippen molar-refractivity contribution in [1.82, 2.24) is 9.80 Å². The molecule has 4 rings (SSSR count). The van der Waals surface area contributed by atoms with Crippen LogP contribution >= 0.6 is 0 Å². The van der Waals surface area contributed by atoms with E-state index in [0.29, 0.717) is 30.0 Å². The zero-order valence-electron chi connectivity index (χ0n) is 20.2. The van der Waals surface area contributed by atoms with Crippen molar-refractivity contribution < 1.29 is 31.5 Å². The fraction of sp³-hybridized carbons (Fsp3) is 0.423. The number of ether oxygens (including phenoxy) is 1. The molecule has 9 heteroatoms. The third-order valence-electron chi connectivity index (χ3n) is 6.69. The number of likely N-dealkylation sites (N-methyl/N-ethyl adjacent to an activating group) is 1. The molecule has 0 bridgehead atoms. The Hall–Kier alpha value is -3.10. The van der Waals surface area contributed by atoms with E-state index in [1.54, 1.807) is 38.1 Å². The second kappa shape index (κ2) is 8.24. The maximum atomic E-state index is 14.6. The number of carbonyl (C=O) groups excluding carboxylic acids is 1. The number of hydrogen-bond acceptors (Lipinski definition) is 3. The second-order valence-corrected chi connectivity index (χ2v) is 9.21. The van der Waals surface area contributed by atoms with Crippen molar-refractivity contribution in [3.63, 3.8) is 0 Å². The molecule has 4 nitrogen and oxygen atoms in total. The van der Waals surface area contributed by atoms with Gasteiger partial charge in [-0.2, -0.15) is 22.0 Å². The average Bonchev–Trinajstić information content (AvgIpc) is 3.10. The van der Waals surface area contributed by atoms with Crippen molar-refractivity contribution in [2.45, 2.75) is 58.9 Å². The zero-order valence-corrected chi connectivity index (χ0v) is 20.2. The number of rotatable bonds is 5. The van der Waals surface area contributed by atoms with Gasteiger partial charge in [0.2, 0.25) is 0 Å². The van der Waals surface area contributed by atoms with Crippen molar-refractivity contribution in [1.29, 1.82) is 0 Å². The van der Waals surface area contributed by atoms with Gasteiger partial charge in [0, 0.05) is 29.8 Å². The Balaban J connectivity index is 2.05. The van der Waals surface area contributed by atoms with E-state index in [1.807, 2.05) is 18.7 Å². The van der Waals surface area contributed by atoms with E-state index in [2.05, 4.69) is 0 Å². The van der Waals surface area contributed by atoms with Crippen molar-refractivity contribution in [3.8, 4) is 5.75 Å². The van der Waals surface area contributed by atoms with Gasteiger partial charge in [0.15, 0.2) is 0 Å². The molecule has 0 atom stereocenters. The lowest BCUT2D eigenvalue weighted by atomic mass is 9.87. The highest BCUT2D eigenvalue weighted by molar-refractivity contribution is 6.04. The predicted molar refractivity (Wildman–Crippen MR) is 122 cm³/mol. The lowest BCUT2D eigenvalue weighted by Gasteiger charge is -2.44. The molecular formula is C26H27F5N2O2. The van der Waals surface area contributed by atoms with E-state index in [4.69, 9.17) is 4.74 Å². The summed E-state index contributed by atoms with van der Waals surface area (Å²) in [5.41, 5.74) is -0.247. The molecule has 2 heterocycles. The summed E-state index contributed by atoms with van der Waals surface area (Å²) in [6, 6.07) is 8.92. The number of fused-ring (bicyclic) bond motifs is 2. The molecule has 2 aromatic carbocycles. The first kappa shape index (κ1) is 25.0. The Morgan fingerprint density at radius 2 is 1.66 bits per heavy atom. The van der Waals surface area contributed by atoms with E-state index in [1.165, 1.54) is 11.8 Å². The largest absolute Gasteiger partial charge is 0.481 e. The quantitative estimate of drug-likeness (QED) is 0.446. The third kappa shape index (κ3) is 3.76. The summed E-state index contributed by atoms with van der Waals surface area (Å²) in [5.74, 6) is -5.25. The van der Waals surface area contributed by atoms with Crippen molar-refractivity contribution in [2.75, 3.05) is 13.1 Å². The van der Waals surface area contributed by atoms with Gasteiger partial charge < -0.3 is 14.5 Å². The summed E-state index contributed by atoms with van der Waals surface area (Å²) in [4.78, 5) is 16.9. The molecule has 0 spiro atoms. The molecule has 35 heavy (non-hydrogen) atoms. The molecule has 188 valence electrons. The van der Waals surface area contributed by atoms with Gasteiger partial charge in [-0.1, -0.05) is 18.2 Å². The number of hydrogen-bond donors (Lipinski definition) is 0. The average molecular weight is 495 g/mol. The van der Waals surface area contributed by atoms with Crippen LogP contribution in [-0.2, 0) is 12.5 Å². The highest BCUT2D eigenvalue weighted by Gasteiger charge is 2.60. The smallest absolute Gasteiger partial charge is 0.458 e. The van der Waals surface area contributed by atoms with E-state index < -0.39 is 23.3 Å². The lowest BCUT2D eigenvalue weighted by Crippen LogP contribution is -2.46. The summed E-state index contributed by atoms with van der Waals surface area (Å²) in [6.45, 7) is 9.83. The lowest BCUT2D eigenvalue weighted by molar-refractivity contribution is -0.289. The minimum atomic E-state index is -5.77. The topological polar surface area (TPSA) is 32.8 Å². The van der Waals surface area contributed by atoms with Gasteiger partial charge in [-0.25, -0.2) is 0 Å². The molecule has 0 saturated heterocycles. The molecule has 2 aromatic rings. The fourth-order valence-electron chi connectivity index (χ4n) is 5.05. The highest BCUT2D eigenvalue weighted by atomic mass is 19.4. The van der Waals surface area contributed by atoms with Crippen molar-refractivity contribution >= 4 is 11.6 Å². The van der Waals surface area contributed by atoms with E-state index >= 15 is 0 Å². The van der Waals surface area contributed by atoms with Gasteiger partial charge in [-0.05, 0) is 63.9 Å². The molecule has 0 aromatic heterocycles. The molecule has 2 aliphatic heterocycles. The summed E-state index contributed by atoms with van der Waals surface area (Å²) in [5, 5.41) is 0. The summed E-state index contributed by atoms with van der Waals surface area (Å²) < 4.78 is 75.3. The second-order valence-electron chi connectivity index (χ2n) is 9.21. The van der Waals surface area contributed by atoms with Crippen molar-refractivity contribution in [2.24, 2.45) is 0 Å². The number of alkyl halides is 5. The van der Waals surface area contributed by atoms with Crippen LogP contribution in [0, 0.1) is 6.92 Å². The standard InChI is InChI=1S/C26H27F5N2O2/c1-6-32(7-2)22-21(33-14-16-10-8-9-11-17(16)23(33)34)20-15(3)18(25(27,28)26(29,30)31)12-13-19(20)35-24(22,4)5/h8-13H,6-7,14H2,1-5H3. The van der Waals surface area contributed by atoms with E-state index in [-0.39, 0.29) is 29.3 Å². The van der Waals surface area contributed by atoms with Crippen LogP contribution in [0.25, 0.3) is 5.70 Å². The molecule has 0 aliphatic carbocycles. The van der Waals surface area contributed by atoms with Crippen LogP contribution in [0.15, 0.2) is 42.1 Å². The zero-order chi connectivity index (χ0) is 25.9. The van der Waals surface area contributed by atoms with Gasteiger partial charge >= 0.3 is 12.1 Å². The Labute approximate surface area is 201 Å². The molecule has 2 aliphatic rings. The van der Waals surface area contributed by atoms with Gasteiger partial charge in [-0.15, -0.1) is 0 Å². The number of benzene rings is 2. The van der Waals surface area contributed by atoms with Crippen LogP contribution in [-0.4, -0.2) is 40.6 Å². The number of nitrogens with zero attached hydrogens (tertiary/aromatic N) is 2. The molecule has 1 amide bonds. The SMILES string of the molecule is CCN(CC)C1=C(N2Cc3ccccc3C2=O)c2c(ccc(C(F)(F)C(F)(F)F)c2C)OC1(C)C. The number of amides is 1. The Kier molecular flexibility index (Phi) is 5.89. The molecule has 0 N–H and O–H groups in total. The summed E-state index contributed by atoms with van der Waals surface area (Å²) in [6.07, 6.45) is -5.77. The Morgan fingerprint density at radius 1 is 1.03 bits per heavy atom. The molecule has 0 radical (unpaired) electrons. The third-order valence-corrected chi connectivity index (χ3v) is 6.69. The molecule has 0 saturated carbocycles. The minimum absolute atomic E-state index is 0.0776. The first-order chi connectivity index (χ1) is 16.3. The van der Waals surface area contributed by atoms with Crippen LogP contribution in [0.3, 0.4) is 0 Å². The number of carbonyl (C=O) groups is 1. The van der Waals surface area contributed by atoms with Gasteiger partial charge in [0.25, 0.3) is 5.91 Å². The minimum Gasteiger partial charge on any atom is -0.481 e. The Morgan fingerprint density at radius 3 is 2.23 bits per heavy atom. The monoisotopic (exact) mass is 494 g/mol. The van der Waals surface area contributed by atoms with Gasteiger partial charge in [-0.3, -0.25) is 4.79 Å². The predicted octanol–water partition coefficient (Wildman–Crippen LogP) is 6.49. The van der Waals surface area contributed by atoms with Crippen LogP contribution in [0.5, 0.6) is 5.75 Å². The van der Waals surface area contributed by atoms with Crippen LogP contribution in [0.1, 0.15) is 60.3 Å². The summed E-state index contributed by atoms with van der Waals surface area (Å²) in [7, 11) is 0. The highest BCUT2D eigenvalue weighted by Crippen LogP contribution is 2.51. The van der Waals surface area contributed by atoms with Crippen molar-refractivity contribution in [3.05, 3.63) is 69.9 Å². The molecular weight excluding hydrogens is 467 g/mol. The Bertz CT molecular complexity index is 1210. The maximum absolute atomic E-state index is 14.6. The van der Waals surface area contributed by atoms with Crippen LogP contribution < -0.4 is 4.74 Å². The van der Waals surface area contributed by atoms with E-state index in [0.717, 1.165) is 17.7 Å². The number of halogens is 5. The van der Waals surface area contributed by atoms with Gasteiger partial charge in [0.05, 0.1) is 17.9 Å². The molecule has 0 unspecified atom stereocenters. The molecule has 0 fully saturated rings. The summed E-state index contributed by atoms with van der Waals surface area (Å²) >= 11 is 0. The van der Waals surface area contributed by atoms with Crippen LogP contribution in [0.4, 0.5) is 22.0 Å². The van der Waals surface area contributed by atoms with Crippen LogP contribution in [0.2, 0.25) is 0 Å².